The number of pyridine rings is 1. The van der Waals surface area contributed by atoms with E-state index in [1.165, 1.54) is 0 Å². The lowest BCUT2D eigenvalue weighted by Crippen LogP contribution is -2.39. The minimum Gasteiger partial charge on any atom is -0.486 e. The molecule has 4 rings (SSSR count). The molecule has 0 unspecified atom stereocenters. The normalized spacial score (nSPS) is 12.9. The van der Waals surface area contributed by atoms with E-state index in [9.17, 15) is 9.59 Å². The van der Waals surface area contributed by atoms with E-state index < -0.39 is 0 Å². The summed E-state index contributed by atoms with van der Waals surface area (Å²) in [4.78, 5) is 29.8. The molecule has 9 heteroatoms. The van der Waals surface area contributed by atoms with Crippen LogP contribution in [0.25, 0.3) is 22.3 Å². The Morgan fingerprint density at radius 2 is 1.84 bits per heavy atom. The number of ether oxygens (including phenoxy) is 2. The second-order valence-electron chi connectivity index (χ2n) is 8.24. The molecule has 3 heterocycles. The van der Waals surface area contributed by atoms with Crippen molar-refractivity contribution in [1.29, 1.82) is 0 Å². The maximum absolute atomic E-state index is 13.0. The minimum absolute atomic E-state index is 0.00174. The predicted octanol–water partition coefficient (Wildman–Crippen LogP) is 2.70. The zero-order chi connectivity index (χ0) is 22.8. The van der Waals surface area contributed by atoms with Gasteiger partial charge >= 0.3 is 0 Å². The van der Waals surface area contributed by atoms with E-state index in [-0.39, 0.29) is 30.4 Å². The summed E-state index contributed by atoms with van der Waals surface area (Å²) in [5.41, 5.74) is 2.40. The van der Waals surface area contributed by atoms with Crippen LogP contribution in [0.15, 0.2) is 30.5 Å². The van der Waals surface area contributed by atoms with Gasteiger partial charge in [-0.1, -0.05) is 0 Å². The number of carbonyl (C=O) groups excluding carboxylic acids is 2. The molecule has 2 N–H and O–H groups in total. The topological polar surface area (TPSA) is 107 Å². The first kappa shape index (κ1) is 21.6. The highest BCUT2D eigenvalue weighted by Gasteiger charge is 2.20. The van der Waals surface area contributed by atoms with Gasteiger partial charge in [0.1, 0.15) is 13.2 Å². The number of nitrogens with zero attached hydrogens (tertiary/aromatic N) is 3. The lowest BCUT2D eigenvalue weighted by Gasteiger charge is -2.19. The van der Waals surface area contributed by atoms with E-state index in [2.05, 4.69) is 15.7 Å². The van der Waals surface area contributed by atoms with Crippen LogP contribution in [0.3, 0.4) is 0 Å². The summed E-state index contributed by atoms with van der Waals surface area (Å²) < 4.78 is 13.1. The van der Waals surface area contributed by atoms with E-state index in [0.29, 0.717) is 47.0 Å². The van der Waals surface area contributed by atoms with Crippen LogP contribution in [0.5, 0.6) is 11.5 Å². The number of amides is 2. The van der Waals surface area contributed by atoms with E-state index in [4.69, 9.17) is 14.5 Å². The highest BCUT2D eigenvalue weighted by molar-refractivity contribution is 6.07. The van der Waals surface area contributed by atoms with Crippen LogP contribution < -0.4 is 20.1 Å². The molecule has 0 saturated heterocycles. The van der Waals surface area contributed by atoms with Gasteiger partial charge in [-0.15, -0.1) is 0 Å². The number of aromatic nitrogens is 3. The molecule has 3 aromatic rings. The van der Waals surface area contributed by atoms with Crippen molar-refractivity contribution in [3.63, 3.8) is 0 Å². The lowest BCUT2D eigenvalue weighted by atomic mass is 10.1. The van der Waals surface area contributed by atoms with Gasteiger partial charge in [-0.2, -0.15) is 5.10 Å². The van der Waals surface area contributed by atoms with Crippen LogP contribution in [0.4, 0.5) is 0 Å². The zero-order valence-corrected chi connectivity index (χ0v) is 18.6. The molecule has 2 amide bonds. The Morgan fingerprint density at radius 3 is 2.56 bits per heavy atom. The fourth-order valence-electron chi connectivity index (χ4n) is 3.56. The third-order valence-corrected chi connectivity index (χ3v) is 5.00. The van der Waals surface area contributed by atoms with Crippen LogP contribution in [-0.4, -0.2) is 52.4 Å². The average molecular weight is 438 g/mol. The van der Waals surface area contributed by atoms with Gasteiger partial charge in [0.2, 0.25) is 5.91 Å². The summed E-state index contributed by atoms with van der Waals surface area (Å²) in [6.07, 6.45) is 1.64. The molecule has 2 aromatic heterocycles. The number of hydrogen-bond donors (Lipinski definition) is 2. The molecule has 0 saturated carbocycles. The molecule has 0 fully saturated rings. The third kappa shape index (κ3) is 4.37. The molecule has 0 atom stereocenters. The van der Waals surface area contributed by atoms with Crippen molar-refractivity contribution >= 4 is 22.8 Å². The fraction of sp³-hybridized carbons (Fsp3) is 0.391. The number of hydrogen-bond acceptors (Lipinski definition) is 6. The van der Waals surface area contributed by atoms with E-state index in [1.807, 2.05) is 45.9 Å². The first-order valence-corrected chi connectivity index (χ1v) is 10.7. The third-order valence-electron chi connectivity index (χ3n) is 5.00. The van der Waals surface area contributed by atoms with E-state index >= 15 is 0 Å². The Balaban J connectivity index is 1.73. The Hall–Kier alpha value is -3.62. The van der Waals surface area contributed by atoms with E-state index in [1.54, 1.807) is 16.9 Å². The largest absolute Gasteiger partial charge is 0.486 e. The first-order chi connectivity index (χ1) is 15.3. The molecule has 0 aliphatic carbocycles. The van der Waals surface area contributed by atoms with Crippen molar-refractivity contribution in [2.75, 3.05) is 19.8 Å². The SMILES string of the molecule is CC(C)NC(=O)CNC(=O)c1cc(-c2ccc3c(c2)OCCO3)nc2c1cnn2C(C)C. The number of benzene rings is 1. The molecule has 1 aliphatic heterocycles. The highest BCUT2D eigenvalue weighted by Crippen LogP contribution is 2.35. The first-order valence-electron chi connectivity index (χ1n) is 10.7. The monoisotopic (exact) mass is 437 g/mol. The quantitative estimate of drug-likeness (QED) is 0.614. The predicted molar refractivity (Wildman–Crippen MR) is 120 cm³/mol. The number of rotatable bonds is 6. The van der Waals surface area contributed by atoms with Crippen molar-refractivity contribution in [3.05, 3.63) is 36.0 Å². The number of fused-ring (bicyclic) bond motifs is 2. The summed E-state index contributed by atoms with van der Waals surface area (Å²) in [5, 5.41) is 10.5. The van der Waals surface area contributed by atoms with Crippen molar-refractivity contribution in [2.45, 2.75) is 39.8 Å². The number of carbonyl (C=O) groups is 2. The van der Waals surface area contributed by atoms with Gasteiger partial charge < -0.3 is 20.1 Å². The molecule has 9 nitrogen and oxygen atoms in total. The number of nitrogens with one attached hydrogen (secondary N) is 2. The van der Waals surface area contributed by atoms with Crippen LogP contribution in [-0.2, 0) is 4.79 Å². The van der Waals surface area contributed by atoms with Crippen LogP contribution >= 0.6 is 0 Å². The zero-order valence-electron chi connectivity index (χ0n) is 18.6. The van der Waals surface area contributed by atoms with Crippen LogP contribution in [0.2, 0.25) is 0 Å². The Bertz CT molecular complexity index is 1170. The average Bonchev–Trinajstić information content (AvgIpc) is 3.20. The maximum Gasteiger partial charge on any atom is 0.252 e. The molecule has 0 radical (unpaired) electrons. The molecular weight excluding hydrogens is 410 g/mol. The van der Waals surface area contributed by atoms with Gasteiger partial charge in [-0.25, -0.2) is 9.67 Å². The lowest BCUT2D eigenvalue weighted by molar-refractivity contribution is -0.120. The smallest absolute Gasteiger partial charge is 0.252 e. The Morgan fingerprint density at radius 1 is 1.09 bits per heavy atom. The fourth-order valence-corrected chi connectivity index (χ4v) is 3.56. The van der Waals surface area contributed by atoms with Gasteiger partial charge in [-0.05, 0) is 52.0 Å². The van der Waals surface area contributed by atoms with Gasteiger partial charge in [-0.3, -0.25) is 9.59 Å². The molecular formula is C23H27N5O4. The summed E-state index contributed by atoms with van der Waals surface area (Å²) in [5.74, 6) is 0.716. The summed E-state index contributed by atoms with van der Waals surface area (Å²) in [7, 11) is 0. The maximum atomic E-state index is 13.0. The molecule has 1 aliphatic rings. The standard InChI is InChI=1S/C23H27N5O4/c1-13(2)26-21(29)12-24-23(30)16-10-18(27-22-17(16)11-25-28(22)14(3)4)15-5-6-19-20(9-15)32-8-7-31-19/h5-6,9-11,13-14H,7-8,12H2,1-4H3,(H,24,30)(H,26,29). The van der Waals surface area contributed by atoms with Crippen molar-refractivity contribution < 1.29 is 19.1 Å². The van der Waals surface area contributed by atoms with Gasteiger partial charge in [0.15, 0.2) is 17.1 Å². The molecule has 0 spiro atoms. The van der Waals surface area contributed by atoms with E-state index in [0.717, 1.165) is 5.56 Å². The highest BCUT2D eigenvalue weighted by atomic mass is 16.6. The van der Waals surface area contributed by atoms with Gasteiger partial charge in [0.25, 0.3) is 5.91 Å². The van der Waals surface area contributed by atoms with Gasteiger partial charge in [0.05, 0.1) is 29.4 Å². The van der Waals surface area contributed by atoms with Crippen molar-refractivity contribution in [3.8, 4) is 22.8 Å². The summed E-state index contributed by atoms with van der Waals surface area (Å²) in [6, 6.07) is 7.36. The molecule has 32 heavy (non-hydrogen) atoms. The molecule has 0 bridgehead atoms. The summed E-state index contributed by atoms with van der Waals surface area (Å²) >= 11 is 0. The Labute approximate surface area is 186 Å². The second kappa shape index (κ2) is 8.86. The van der Waals surface area contributed by atoms with Crippen molar-refractivity contribution in [2.24, 2.45) is 0 Å². The van der Waals surface area contributed by atoms with Gasteiger partial charge in [0, 0.05) is 17.6 Å². The summed E-state index contributed by atoms with van der Waals surface area (Å²) in [6.45, 7) is 8.62. The molecule has 168 valence electrons. The van der Waals surface area contributed by atoms with Crippen LogP contribution in [0.1, 0.15) is 44.1 Å². The second-order valence-corrected chi connectivity index (χ2v) is 8.24. The Kier molecular flexibility index (Phi) is 5.98. The van der Waals surface area contributed by atoms with Crippen molar-refractivity contribution in [1.82, 2.24) is 25.4 Å². The molecule has 1 aromatic carbocycles. The minimum atomic E-state index is -0.363. The van der Waals surface area contributed by atoms with Crippen LogP contribution in [0, 0.1) is 0 Å².